The van der Waals surface area contributed by atoms with Crippen LogP contribution in [0.15, 0.2) is 66.2 Å². The fourth-order valence-electron chi connectivity index (χ4n) is 5.40. The standard InChI is InChI=1S/C32H33N5O3S/c1-37-26-8-4-3-6-21(26)16-27(37)32(38)36-25-10-9-20(17-28(25)39-2)24-19-41-30-22(18-35-31(33)29(24)30)7-5-13-34-23-11-14-40-15-12-23/h3-10,16-19,23,34H,11-15H2,1-2H3,(H2,33,35)(H,36,38). The smallest absolute Gasteiger partial charge is 0.272 e. The molecule has 210 valence electrons. The first-order valence-electron chi connectivity index (χ1n) is 13.7. The first-order valence-corrected chi connectivity index (χ1v) is 14.6. The number of hydrogen-bond donors (Lipinski definition) is 3. The van der Waals surface area contributed by atoms with E-state index in [0.29, 0.717) is 29.0 Å². The van der Waals surface area contributed by atoms with Crippen molar-refractivity contribution < 1.29 is 14.3 Å². The second-order valence-electron chi connectivity index (χ2n) is 10.2. The summed E-state index contributed by atoms with van der Waals surface area (Å²) in [6.45, 7) is 2.44. The van der Waals surface area contributed by atoms with Gasteiger partial charge < -0.3 is 30.4 Å². The Balaban J connectivity index is 1.24. The van der Waals surface area contributed by atoms with E-state index in [1.807, 2.05) is 66.3 Å². The molecule has 3 aromatic heterocycles. The van der Waals surface area contributed by atoms with Gasteiger partial charge in [0.1, 0.15) is 17.3 Å². The van der Waals surface area contributed by atoms with E-state index in [4.69, 9.17) is 15.2 Å². The van der Waals surface area contributed by atoms with E-state index in [1.165, 1.54) is 0 Å². The van der Waals surface area contributed by atoms with Crippen LogP contribution in [-0.2, 0) is 11.8 Å². The number of nitrogens with two attached hydrogens (primary N) is 1. The molecule has 0 bridgehead atoms. The number of thiophene rings is 1. The number of nitrogen functional groups attached to an aromatic ring is 1. The Hall–Kier alpha value is -4.18. The monoisotopic (exact) mass is 567 g/mol. The maximum Gasteiger partial charge on any atom is 0.272 e. The summed E-state index contributed by atoms with van der Waals surface area (Å²) < 4.78 is 14.1. The molecular weight excluding hydrogens is 534 g/mol. The van der Waals surface area contributed by atoms with Crippen molar-refractivity contribution in [2.45, 2.75) is 18.9 Å². The summed E-state index contributed by atoms with van der Waals surface area (Å²) in [5.74, 6) is 0.850. The van der Waals surface area contributed by atoms with Gasteiger partial charge in [-0.2, -0.15) is 0 Å². The Labute approximate surface area is 242 Å². The molecule has 4 heterocycles. The molecule has 0 unspecified atom stereocenters. The summed E-state index contributed by atoms with van der Waals surface area (Å²) in [6.07, 6.45) is 8.16. The summed E-state index contributed by atoms with van der Waals surface area (Å²) in [5, 5.41) is 10.6. The van der Waals surface area contributed by atoms with E-state index in [-0.39, 0.29) is 5.91 Å². The number of fused-ring (bicyclic) bond motifs is 2. The minimum atomic E-state index is -0.202. The lowest BCUT2D eigenvalue weighted by Gasteiger charge is -2.22. The van der Waals surface area contributed by atoms with E-state index in [2.05, 4.69) is 33.1 Å². The van der Waals surface area contributed by atoms with Gasteiger partial charge in [0.05, 0.1) is 12.8 Å². The molecule has 1 aliphatic rings. The Bertz CT molecular complexity index is 1750. The molecule has 1 amide bonds. The number of aryl methyl sites for hydroxylation is 1. The molecule has 9 heteroatoms. The van der Waals surface area contributed by atoms with Gasteiger partial charge in [-0.1, -0.05) is 36.4 Å². The summed E-state index contributed by atoms with van der Waals surface area (Å²) in [4.78, 5) is 17.7. The number of anilines is 2. The lowest BCUT2D eigenvalue weighted by Crippen LogP contribution is -2.34. The number of nitrogens with zero attached hydrogens (tertiary/aromatic N) is 2. The number of pyridine rings is 1. The molecule has 41 heavy (non-hydrogen) atoms. The van der Waals surface area contributed by atoms with Crippen LogP contribution in [0, 0.1) is 0 Å². The first-order chi connectivity index (χ1) is 20.0. The molecule has 0 radical (unpaired) electrons. The van der Waals surface area contributed by atoms with E-state index >= 15 is 0 Å². The van der Waals surface area contributed by atoms with E-state index in [1.54, 1.807) is 18.4 Å². The van der Waals surface area contributed by atoms with Crippen LogP contribution in [0.5, 0.6) is 5.75 Å². The third kappa shape index (κ3) is 5.44. The zero-order valence-corrected chi connectivity index (χ0v) is 24.0. The number of nitrogens with one attached hydrogen (secondary N) is 2. The minimum Gasteiger partial charge on any atom is -0.495 e. The van der Waals surface area contributed by atoms with Crippen LogP contribution in [0.3, 0.4) is 0 Å². The largest absolute Gasteiger partial charge is 0.495 e. The molecule has 1 saturated heterocycles. The van der Waals surface area contributed by atoms with E-state index in [0.717, 1.165) is 70.3 Å². The van der Waals surface area contributed by atoms with Gasteiger partial charge in [-0.05, 0) is 48.1 Å². The van der Waals surface area contributed by atoms with E-state index in [9.17, 15) is 4.79 Å². The Kier molecular flexibility index (Phi) is 7.74. The molecule has 4 N–H and O–H groups in total. The van der Waals surface area contributed by atoms with Gasteiger partial charge >= 0.3 is 0 Å². The second-order valence-corrected chi connectivity index (χ2v) is 11.0. The highest BCUT2D eigenvalue weighted by atomic mass is 32.1. The zero-order valence-electron chi connectivity index (χ0n) is 23.1. The molecular formula is C32H33N5O3S. The Morgan fingerprint density at radius 1 is 1.22 bits per heavy atom. The zero-order chi connectivity index (χ0) is 28.3. The van der Waals surface area contributed by atoms with Crippen molar-refractivity contribution in [3.8, 4) is 16.9 Å². The van der Waals surface area contributed by atoms with Crippen LogP contribution >= 0.6 is 11.3 Å². The maximum atomic E-state index is 13.2. The fourth-order valence-corrected chi connectivity index (χ4v) is 6.47. The highest BCUT2D eigenvalue weighted by Crippen LogP contribution is 2.41. The molecule has 8 nitrogen and oxygen atoms in total. The lowest BCUT2D eigenvalue weighted by atomic mass is 10.0. The SMILES string of the molecule is COc1cc(-c2csc3c(C=CCNC4CCOCC4)cnc(N)c23)ccc1NC(=O)c1cc2ccccc2n1C. The van der Waals surface area contributed by atoms with Crippen molar-refractivity contribution in [2.24, 2.45) is 7.05 Å². The van der Waals surface area contributed by atoms with Gasteiger partial charge in [0, 0.05) is 71.2 Å². The number of carbonyl (C=O) groups is 1. The predicted octanol–water partition coefficient (Wildman–Crippen LogP) is 6.08. The number of para-hydroxylation sites is 1. The summed E-state index contributed by atoms with van der Waals surface area (Å²) in [6, 6.07) is 16.1. The normalized spacial score (nSPS) is 14.3. The van der Waals surface area contributed by atoms with Crippen LogP contribution in [0.1, 0.15) is 28.9 Å². The maximum absolute atomic E-state index is 13.2. The minimum absolute atomic E-state index is 0.202. The van der Waals surface area contributed by atoms with Gasteiger partial charge in [-0.25, -0.2) is 4.98 Å². The summed E-state index contributed by atoms with van der Waals surface area (Å²) in [5.41, 5.74) is 11.5. The van der Waals surface area contributed by atoms with Gasteiger partial charge in [0.2, 0.25) is 0 Å². The average Bonchev–Trinajstić information content (AvgIpc) is 3.60. The van der Waals surface area contributed by atoms with Crippen LogP contribution in [0.25, 0.3) is 38.2 Å². The van der Waals surface area contributed by atoms with Gasteiger partial charge in [0.25, 0.3) is 5.91 Å². The highest BCUT2D eigenvalue weighted by Gasteiger charge is 2.18. The fraction of sp³-hybridized carbons (Fsp3) is 0.250. The number of methoxy groups -OCH3 is 1. The molecule has 5 aromatic rings. The van der Waals surface area contributed by atoms with Crippen molar-refractivity contribution in [1.29, 1.82) is 0 Å². The average molecular weight is 568 g/mol. The quantitative estimate of drug-likeness (QED) is 0.210. The third-order valence-electron chi connectivity index (χ3n) is 7.64. The molecule has 1 aliphatic heterocycles. The number of ether oxygens (including phenoxy) is 2. The Morgan fingerprint density at radius 3 is 2.85 bits per heavy atom. The Morgan fingerprint density at radius 2 is 2.05 bits per heavy atom. The van der Waals surface area contributed by atoms with Crippen molar-refractivity contribution >= 4 is 55.8 Å². The summed E-state index contributed by atoms with van der Waals surface area (Å²) >= 11 is 1.64. The highest BCUT2D eigenvalue weighted by molar-refractivity contribution is 7.18. The van der Waals surface area contributed by atoms with Crippen molar-refractivity contribution in [1.82, 2.24) is 14.9 Å². The van der Waals surface area contributed by atoms with Crippen molar-refractivity contribution in [2.75, 3.05) is 37.9 Å². The number of carbonyl (C=O) groups excluding carboxylic acids is 1. The van der Waals surface area contributed by atoms with Crippen LogP contribution in [-0.4, -0.2) is 48.4 Å². The van der Waals surface area contributed by atoms with Crippen molar-refractivity contribution in [3.05, 3.63) is 77.4 Å². The second kappa shape index (κ2) is 11.7. The van der Waals surface area contributed by atoms with Crippen molar-refractivity contribution in [3.63, 3.8) is 0 Å². The van der Waals surface area contributed by atoms with Crippen LogP contribution < -0.4 is 21.1 Å². The molecule has 0 atom stereocenters. The van der Waals surface area contributed by atoms with Gasteiger partial charge in [-0.3, -0.25) is 4.79 Å². The molecule has 6 rings (SSSR count). The molecule has 0 aliphatic carbocycles. The lowest BCUT2D eigenvalue weighted by molar-refractivity contribution is 0.0789. The molecule has 0 saturated carbocycles. The number of hydrogen-bond acceptors (Lipinski definition) is 7. The molecule has 0 spiro atoms. The molecule has 1 fully saturated rings. The third-order valence-corrected chi connectivity index (χ3v) is 8.67. The number of aromatic nitrogens is 2. The predicted molar refractivity (Wildman–Crippen MR) is 168 cm³/mol. The van der Waals surface area contributed by atoms with Gasteiger partial charge in [-0.15, -0.1) is 11.3 Å². The van der Waals surface area contributed by atoms with Gasteiger partial charge in [0.15, 0.2) is 0 Å². The number of amides is 1. The molecule has 2 aromatic carbocycles. The first kappa shape index (κ1) is 27.0. The van der Waals surface area contributed by atoms with Crippen LogP contribution in [0.4, 0.5) is 11.5 Å². The number of rotatable bonds is 8. The summed E-state index contributed by atoms with van der Waals surface area (Å²) in [7, 11) is 3.49. The number of benzene rings is 2. The van der Waals surface area contributed by atoms with Crippen LogP contribution in [0.2, 0.25) is 0 Å². The topological polar surface area (TPSA) is 103 Å². The van der Waals surface area contributed by atoms with E-state index < -0.39 is 0 Å².